The Bertz CT molecular complexity index is 382. The van der Waals surface area contributed by atoms with Crippen LogP contribution in [0.15, 0.2) is 24.3 Å². The van der Waals surface area contributed by atoms with Crippen LogP contribution in [-0.4, -0.2) is 38.1 Å². The van der Waals surface area contributed by atoms with Gasteiger partial charge in [0.25, 0.3) is 0 Å². The second-order valence-electron chi connectivity index (χ2n) is 5.71. The average molecular weight is 295 g/mol. The smallest absolute Gasteiger partial charge is 0.123 e. The van der Waals surface area contributed by atoms with E-state index in [2.05, 4.69) is 19.2 Å². The number of ether oxygens (including phenoxy) is 2. The van der Waals surface area contributed by atoms with Crippen molar-refractivity contribution in [2.75, 3.05) is 26.9 Å². The van der Waals surface area contributed by atoms with Crippen LogP contribution in [0.25, 0.3) is 0 Å². The summed E-state index contributed by atoms with van der Waals surface area (Å²) in [5.41, 5.74) is 1.09. The third-order valence-corrected chi connectivity index (χ3v) is 3.27. The summed E-state index contributed by atoms with van der Waals surface area (Å²) in [5, 5.41) is 13.1. The van der Waals surface area contributed by atoms with Crippen molar-refractivity contribution in [3.63, 3.8) is 0 Å². The number of hydrogen-bond donors (Lipinski definition) is 2. The normalized spacial score (nSPS) is 12.6. The number of hydrogen-bond acceptors (Lipinski definition) is 4. The van der Waals surface area contributed by atoms with Crippen molar-refractivity contribution in [2.24, 2.45) is 5.92 Å². The molecule has 120 valence electrons. The van der Waals surface area contributed by atoms with Gasteiger partial charge in [0.1, 0.15) is 5.75 Å². The van der Waals surface area contributed by atoms with Crippen molar-refractivity contribution >= 4 is 0 Å². The molecule has 4 heteroatoms. The maximum Gasteiger partial charge on any atom is 0.123 e. The molecule has 0 saturated carbocycles. The minimum Gasteiger partial charge on any atom is -0.496 e. The first kappa shape index (κ1) is 18.0. The lowest BCUT2D eigenvalue weighted by molar-refractivity contribution is 0.0346. The predicted molar refractivity (Wildman–Crippen MR) is 85.6 cm³/mol. The standard InChI is InChI=1S/C17H29NO3/c1-14(2)7-6-10-21-13-16(19)12-18-11-15-8-4-5-9-17(15)20-3/h4-5,8-9,14,16,18-19H,6-7,10-13H2,1-3H3. The van der Waals surface area contributed by atoms with Gasteiger partial charge in [0.15, 0.2) is 0 Å². The summed E-state index contributed by atoms with van der Waals surface area (Å²) in [7, 11) is 1.67. The maximum atomic E-state index is 9.84. The number of aliphatic hydroxyl groups excluding tert-OH is 1. The van der Waals surface area contributed by atoms with E-state index < -0.39 is 6.10 Å². The van der Waals surface area contributed by atoms with E-state index in [0.29, 0.717) is 25.6 Å². The molecule has 0 fully saturated rings. The van der Waals surface area contributed by atoms with Crippen LogP contribution in [0.3, 0.4) is 0 Å². The molecule has 1 aromatic rings. The van der Waals surface area contributed by atoms with Gasteiger partial charge in [-0.3, -0.25) is 0 Å². The second kappa shape index (κ2) is 10.6. The first-order valence-corrected chi connectivity index (χ1v) is 7.72. The van der Waals surface area contributed by atoms with Gasteiger partial charge in [-0.1, -0.05) is 32.0 Å². The zero-order chi connectivity index (χ0) is 15.5. The molecule has 0 heterocycles. The number of benzene rings is 1. The molecule has 0 bridgehead atoms. The zero-order valence-electron chi connectivity index (χ0n) is 13.5. The molecule has 0 saturated heterocycles. The summed E-state index contributed by atoms with van der Waals surface area (Å²) in [6, 6.07) is 7.88. The van der Waals surface area contributed by atoms with E-state index in [1.165, 1.54) is 6.42 Å². The van der Waals surface area contributed by atoms with Gasteiger partial charge in [-0.05, 0) is 24.8 Å². The van der Waals surface area contributed by atoms with Gasteiger partial charge in [0.2, 0.25) is 0 Å². The molecule has 0 aliphatic carbocycles. The van der Waals surface area contributed by atoms with E-state index in [1.54, 1.807) is 7.11 Å². The molecule has 0 amide bonds. The Morgan fingerprint density at radius 3 is 2.71 bits per heavy atom. The Kier molecular flexibility index (Phi) is 9.06. The summed E-state index contributed by atoms with van der Waals surface area (Å²) in [5.74, 6) is 1.57. The zero-order valence-corrected chi connectivity index (χ0v) is 13.5. The van der Waals surface area contributed by atoms with Gasteiger partial charge >= 0.3 is 0 Å². The molecule has 0 radical (unpaired) electrons. The van der Waals surface area contributed by atoms with Crippen molar-refractivity contribution < 1.29 is 14.6 Å². The van der Waals surface area contributed by atoms with Crippen molar-refractivity contribution in [3.8, 4) is 5.75 Å². The first-order valence-electron chi connectivity index (χ1n) is 7.72. The molecular weight excluding hydrogens is 266 g/mol. The Hall–Kier alpha value is -1.10. The second-order valence-corrected chi connectivity index (χ2v) is 5.71. The fourth-order valence-electron chi connectivity index (χ4n) is 2.09. The summed E-state index contributed by atoms with van der Waals surface area (Å²) in [4.78, 5) is 0. The number of aliphatic hydroxyl groups is 1. The lowest BCUT2D eigenvalue weighted by Gasteiger charge is -2.14. The third-order valence-electron chi connectivity index (χ3n) is 3.27. The highest BCUT2D eigenvalue weighted by atomic mass is 16.5. The first-order chi connectivity index (χ1) is 10.1. The van der Waals surface area contributed by atoms with Crippen LogP contribution in [0.4, 0.5) is 0 Å². The topological polar surface area (TPSA) is 50.7 Å². The van der Waals surface area contributed by atoms with E-state index in [9.17, 15) is 5.11 Å². The molecule has 2 N–H and O–H groups in total. The minimum atomic E-state index is -0.473. The molecule has 0 spiro atoms. The van der Waals surface area contributed by atoms with Gasteiger partial charge in [-0.25, -0.2) is 0 Å². The molecule has 1 atom stereocenters. The monoisotopic (exact) mass is 295 g/mol. The fourth-order valence-corrected chi connectivity index (χ4v) is 2.09. The van der Waals surface area contributed by atoms with Crippen LogP contribution in [-0.2, 0) is 11.3 Å². The van der Waals surface area contributed by atoms with Crippen LogP contribution in [0, 0.1) is 5.92 Å². The van der Waals surface area contributed by atoms with Crippen LogP contribution < -0.4 is 10.1 Å². The van der Waals surface area contributed by atoms with Gasteiger partial charge in [-0.2, -0.15) is 0 Å². The van der Waals surface area contributed by atoms with Crippen LogP contribution in [0.5, 0.6) is 5.75 Å². The highest BCUT2D eigenvalue weighted by Crippen LogP contribution is 2.16. The Labute approximate surface area is 128 Å². The molecule has 0 aliphatic rings. The van der Waals surface area contributed by atoms with Crippen molar-refractivity contribution in [3.05, 3.63) is 29.8 Å². The molecule has 1 aromatic carbocycles. The largest absolute Gasteiger partial charge is 0.496 e. The maximum absolute atomic E-state index is 9.84. The summed E-state index contributed by atoms with van der Waals surface area (Å²) >= 11 is 0. The highest BCUT2D eigenvalue weighted by Gasteiger charge is 2.06. The number of para-hydroxylation sites is 1. The Balaban J connectivity index is 2.11. The van der Waals surface area contributed by atoms with Crippen LogP contribution in [0.1, 0.15) is 32.3 Å². The summed E-state index contributed by atoms with van der Waals surface area (Å²) in [6.45, 7) is 6.71. The van der Waals surface area contributed by atoms with E-state index >= 15 is 0 Å². The number of methoxy groups -OCH3 is 1. The van der Waals surface area contributed by atoms with E-state index in [0.717, 1.165) is 24.3 Å². The fraction of sp³-hybridized carbons (Fsp3) is 0.647. The lowest BCUT2D eigenvalue weighted by atomic mass is 10.1. The van der Waals surface area contributed by atoms with Crippen molar-refractivity contribution in [1.29, 1.82) is 0 Å². The molecule has 0 aliphatic heterocycles. The molecule has 1 unspecified atom stereocenters. The van der Waals surface area contributed by atoms with Crippen molar-refractivity contribution in [2.45, 2.75) is 39.3 Å². The third kappa shape index (κ3) is 8.05. The van der Waals surface area contributed by atoms with Gasteiger partial charge in [-0.15, -0.1) is 0 Å². The molecule has 1 rings (SSSR count). The molecule has 4 nitrogen and oxygen atoms in total. The van der Waals surface area contributed by atoms with Gasteiger partial charge in [0.05, 0.1) is 19.8 Å². The van der Waals surface area contributed by atoms with E-state index in [4.69, 9.17) is 9.47 Å². The van der Waals surface area contributed by atoms with Gasteiger partial charge < -0.3 is 19.9 Å². The number of rotatable bonds is 11. The molecule has 0 aromatic heterocycles. The van der Waals surface area contributed by atoms with Crippen LogP contribution in [0.2, 0.25) is 0 Å². The summed E-state index contributed by atoms with van der Waals surface area (Å²) in [6.07, 6.45) is 1.75. The SMILES string of the molecule is COc1ccccc1CNCC(O)COCCCC(C)C. The van der Waals surface area contributed by atoms with Gasteiger partial charge in [0, 0.05) is 25.3 Å². The lowest BCUT2D eigenvalue weighted by Crippen LogP contribution is -2.30. The van der Waals surface area contributed by atoms with Crippen LogP contribution >= 0.6 is 0 Å². The molecular formula is C17H29NO3. The summed E-state index contributed by atoms with van der Waals surface area (Å²) < 4.78 is 10.8. The Morgan fingerprint density at radius 1 is 1.24 bits per heavy atom. The van der Waals surface area contributed by atoms with E-state index in [-0.39, 0.29) is 0 Å². The minimum absolute atomic E-state index is 0.386. The quantitative estimate of drug-likeness (QED) is 0.616. The average Bonchev–Trinajstić information content (AvgIpc) is 2.47. The van der Waals surface area contributed by atoms with Crippen molar-refractivity contribution in [1.82, 2.24) is 5.32 Å². The van der Waals surface area contributed by atoms with E-state index in [1.807, 2.05) is 24.3 Å². The number of nitrogens with one attached hydrogen (secondary N) is 1. The molecule has 21 heavy (non-hydrogen) atoms. The highest BCUT2D eigenvalue weighted by molar-refractivity contribution is 5.32. The predicted octanol–water partition coefficient (Wildman–Crippen LogP) is 2.60. The Morgan fingerprint density at radius 2 is 2.00 bits per heavy atom.